The molecule has 0 saturated carbocycles. The van der Waals surface area contributed by atoms with E-state index in [-0.39, 0.29) is 18.3 Å². The largest absolute Gasteiger partial charge is 0.389 e. The van der Waals surface area contributed by atoms with Gasteiger partial charge >= 0.3 is 5.82 Å². The van der Waals surface area contributed by atoms with E-state index in [0.29, 0.717) is 19.0 Å². The van der Waals surface area contributed by atoms with Crippen molar-refractivity contribution >= 4 is 23.2 Å². The molecule has 1 saturated heterocycles. The minimum atomic E-state index is -0.611. The highest BCUT2D eigenvalue weighted by atomic mass is 16.6. The molecule has 1 amide bonds. The number of nitrogens with one attached hydrogen (secondary N) is 1. The summed E-state index contributed by atoms with van der Waals surface area (Å²) in [6, 6.07) is 4.84. The van der Waals surface area contributed by atoms with Gasteiger partial charge in [-0.05, 0) is 17.1 Å². The number of ether oxygens (including phenoxy) is 1. The molecule has 0 bridgehead atoms. The van der Waals surface area contributed by atoms with Crippen LogP contribution in [0.25, 0.3) is 0 Å². The van der Waals surface area contributed by atoms with Gasteiger partial charge in [-0.3, -0.25) is 4.79 Å². The zero-order chi connectivity index (χ0) is 16.9. The lowest BCUT2D eigenvalue weighted by Gasteiger charge is -2.28. The van der Waals surface area contributed by atoms with Gasteiger partial charge in [-0.2, -0.15) is 4.68 Å². The van der Waals surface area contributed by atoms with Gasteiger partial charge in [0.15, 0.2) is 0 Å². The maximum atomic E-state index is 11.9. The summed E-state index contributed by atoms with van der Waals surface area (Å²) < 4.78 is 6.51. The van der Waals surface area contributed by atoms with Crippen molar-refractivity contribution in [2.45, 2.75) is 6.54 Å². The zero-order valence-corrected chi connectivity index (χ0v) is 12.8. The number of nitro groups is 1. The maximum absolute atomic E-state index is 11.9. The fourth-order valence-corrected chi connectivity index (χ4v) is 2.33. The van der Waals surface area contributed by atoms with E-state index in [4.69, 9.17) is 4.74 Å². The molecule has 2 aromatic rings. The summed E-state index contributed by atoms with van der Waals surface area (Å²) >= 11 is 0. The van der Waals surface area contributed by atoms with Crippen LogP contribution in [0.2, 0.25) is 0 Å². The number of carbonyl (C=O) groups excluding carboxylic acids is 1. The molecule has 1 fully saturated rings. The quantitative estimate of drug-likeness (QED) is 0.631. The number of pyridine rings is 1. The highest BCUT2D eigenvalue weighted by Gasteiger charge is 2.14. The Hall–Kier alpha value is -3.01. The first-order valence-electron chi connectivity index (χ1n) is 7.38. The van der Waals surface area contributed by atoms with Gasteiger partial charge in [0.25, 0.3) is 0 Å². The summed E-state index contributed by atoms with van der Waals surface area (Å²) in [7, 11) is 0. The molecule has 0 aromatic carbocycles. The second kappa shape index (κ2) is 7.04. The predicted octanol–water partition coefficient (Wildman–Crippen LogP) is 0.662. The summed E-state index contributed by atoms with van der Waals surface area (Å²) in [5, 5.41) is 16.9. The van der Waals surface area contributed by atoms with E-state index in [2.05, 4.69) is 20.3 Å². The average Bonchev–Trinajstić information content (AvgIpc) is 3.05. The third kappa shape index (κ3) is 3.84. The number of hydrogen-bond acceptors (Lipinski definition) is 7. The zero-order valence-electron chi connectivity index (χ0n) is 12.8. The monoisotopic (exact) mass is 332 g/mol. The predicted molar refractivity (Wildman–Crippen MR) is 84.8 cm³/mol. The van der Waals surface area contributed by atoms with E-state index in [0.717, 1.165) is 18.8 Å². The van der Waals surface area contributed by atoms with E-state index in [1.807, 2.05) is 6.07 Å². The van der Waals surface area contributed by atoms with Crippen LogP contribution in [0.3, 0.4) is 0 Å². The van der Waals surface area contributed by atoms with Crippen molar-refractivity contribution in [1.82, 2.24) is 14.8 Å². The summed E-state index contributed by atoms with van der Waals surface area (Å²) in [6.07, 6.45) is 3.08. The Balaban J connectivity index is 1.56. The lowest BCUT2D eigenvalue weighted by Crippen LogP contribution is -2.36. The van der Waals surface area contributed by atoms with Crippen molar-refractivity contribution in [3.05, 3.63) is 40.7 Å². The first kappa shape index (κ1) is 15.9. The lowest BCUT2D eigenvalue weighted by atomic mass is 10.3. The van der Waals surface area contributed by atoms with Gasteiger partial charge in [0.2, 0.25) is 5.91 Å². The molecule has 3 heterocycles. The summed E-state index contributed by atoms with van der Waals surface area (Å²) in [5.74, 6) is -0.242. The standard InChI is InChI=1S/C14H16N6O4/c21-14(10-19-4-3-13(17-19)20(22)23)16-12-2-1-11(9-15-12)18-5-7-24-8-6-18/h1-4,9H,5-8,10H2,(H,15,16,21). The first-order valence-corrected chi connectivity index (χ1v) is 7.38. The second-order valence-electron chi connectivity index (χ2n) is 5.18. The van der Waals surface area contributed by atoms with Gasteiger partial charge in [-0.25, -0.2) is 4.98 Å². The first-order chi connectivity index (χ1) is 11.6. The van der Waals surface area contributed by atoms with Crippen molar-refractivity contribution in [3.8, 4) is 0 Å². The lowest BCUT2D eigenvalue weighted by molar-refractivity contribution is -0.389. The van der Waals surface area contributed by atoms with Crippen LogP contribution in [-0.4, -0.2) is 51.9 Å². The van der Waals surface area contributed by atoms with Gasteiger partial charge in [0.05, 0.1) is 42.5 Å². The number of rotatable bonds is 5. The minimum absolute atomic E-state index is 0.124. The molecule has 10 heteroatoms. The fourth-order valence-electron chi connectivity index (χ4n) is 2.33. The molecule has 10 nitrogen and oxygen atoms in total. The van der Waals surface area contributed by atoms with Gasteiger partial charge in [-0.15, -0.1) is 0 Å². The Labute approximate surface area is 137 Å². The fraction of sp³-hybridized carbons (Fsp3) is 0.357. The number of anilines is 2. The van der Waals surface area contributed by atoms with Crippen molar-refractivity contribution < 1.29 is 14.5 Å². The van der Waals surface area contributed by atoms with E-state index in [1.165, 1.54) is 16.9 Å². The third-order valence-electron chi connectivity index (χ3n) is 3.51. The van der Waals surface area contributed by atoms with Crippen LogP contribution in [0.15, 0.2) is 30.6 Å². The average molecular weight is 332 g/mol. The number of nitrogens with zero attached hydrogens (tertiary/aromatic N) is 5. The Morgan fingerprint density at radius 3 is 2.75 bits per heavy atom. The van der Waals surface area contributed by atoms with E-state index in [1.54, 1.807) is 12.3 Å². The van der Waals surface area contributed by atoms with Gasteiger partial charge in [0.1, 0.15) is 12.4 Å². The molecule has 1 aliphatic rings. The number of morpholine rings is 1. The van der Waals surface area contributed by atoms with Gasteiger partial charge in [0, 0.05) is 13.1 Å². The van der Waals surface area contributed by atoms with Crippen molar-refractivity contribution in [1.29, 1.82) is 0 Å². The molecule has 0 unspecified atom stereocenters. The van der Waals surface area contributed by atoms with Gasteiger partial charge in [-0.1, -0.05) is 0 Å². The number of amides is 1. The summed E-state index contributed by atoms with van der Waals surface area (Å²) in [6.45, 7) is 2.88. The minimum Gasteiger partial charge on any atom is -0.378 e. The van der Waals surface area contributed by atoms with E-state index >= 15 is 0 Å². The molecule has 1 N–H and O–H groups in total. The molecule has 0 atom stereocenters. The molecular formula is C14H16N6O4. The summed E-state index contributed by atoms with van der Waals surface area (Å²) in [5.41, 5.74) is 0.971. The summed E-state index contributed by atoms with van der Waals surface area (Å²) in [4.78, 5) is 28.3. The molecule has 0 radical (unpaired) electrons. The molecule has 2 aromatic heterocycles. The van der Waals surface area contributed by atoms with E-state index in [9.17, 15) is 14.9 Å². The second-order valence-corrected chi connectivity index (χ2v) is 5.18. The van der Waals surface area contributed by atoms with E-state index < -0.39 is 4.92 Å². The highest BCUT2D eigenvalue weighted by molar-refractivity contribution is 5.89. The SMILES string of the molecule is O=C(Cn1ccc([N+](=O)[O-])n1)Nc1ccc(N2CCOCC2)cn1. The van der Waals surface area contributed by atoms with Gasteiger partial charge < -0.3 is 25.1 Å². The van der Waals surface area contributed by atoms with Crippen LogP contribution >= 0.6 is 0 Å². The van der Waals surface area contributed by atoms with Crippen LogP contribution in [0.5, 0.6) is 0 Å². The Morgan fingerprint density at radius 1 is 1.33 bits per heavy atom. The van der Waals surface area contributed by atoms with Crippen LogP contribution in [0.1, 0.15) is 0 Å². The highest BCUT2D eigenvalue weighted by Crippen LogP contribution is 2.16. The molecule has 0 spiro atoms. The van der Waals surface area contributed by atoms with Crippen molar-refractivity contribution in [3.63, 3.8) is 0 Å². The number of aromatic nitrogens is 3. The van der Waals surface area contributed by atoms with Crippen LogP contribution in [-0.2, 0) is 16.1 Å². The van der Waals surface area contributed by atoms with Crippen molar-refractivity contribution in [2.75, 3.05) is 36.5 Å². The molecular weight excluding hydrogens is 316 g/mol. The molecule has 24 heavy (non-hydrogen) atoms. The normalized spacial score (nSPS) is 14.4. The molecule has 0 aliphatic carbocycles. The third-order valence-corrected chi connectivity index (χ3v) is 3.51. The van der Waals surface area contributed by atoms with Crippen LogP contribution in [0.4, 0.5) is 17.3 Å². The Morgan fingerprint density at radius 2 is 2.12 bits per heavy atom. The Bertz CT molecular complexity index is 723. The smallest absolute Gasteiger partial charge is 0.378 e. The number of hydrogen-bond donors (Lipinski definition) is 1. The van der Waals surface area contributed by atoms with Crippen LogP contribution < -0.4 is 10.2 Å². The molecule has 3 rings (SSSR count). The molecule has 126 valence electrons. The topological polar surface area (TPSA) is 115 Å². The van der Waals surface area contributed by atoms with Crippen molar-refractivity contribution in [2.24, 2.45) is 0 Å². The Kier molecular flexibility index (Phi) is 4.66. The van der Waals surface area contributed by atoms with Crippen LogP contribution in [0, 0.1) is 10.1 Å². The maximum Gasteiger partial charge on any atom is 0.389 e. The molecule has 1 aliphatic heterocycles. The number of carbonyl (C=O) groups is 1.